The topological polar surface area (TPSA) is 75.3 Å². The number of carbonyl (C=O) groups is 1. The first-order valence-corrected chi connectivity index (χ1v) is 9.35. The maximum Gasteiger partial charge on any atom is 0.242 e. The van der Waals surface area contributed by atoms with Gasteiger partial charge in [0.05, 0.1) is 10.9 Å². The molecule has 2 aromatic rings. The molecule has 0 aliphatic rings. The van der Waals surface area contributed by atoms with Gasteiger partial charge in [-0.05, 0) is 55.3 Å². The summed E-state index contributed by atoms with van der Waals surface area (Å²) in [7, 11) is -3.80. The number of halogens is 1. The first-order valence-electron chi connectivity index (χ1n) is 7.49. The van der Waals surface area contributed by atoms with Crippen LogP contribution >= 0.6 is 11.6 Å². The minimum Gasteiger partial charge on any atom is -0.325 e. The molecule has 2 N–H and O–H groups in total. The smallest absolute Gasteiger partial charge is 0.242 e. The van der Waals surface area contributed by atoms with Gasteiger partial charge in [0.25, 0.3) is 0 Å². The molecule has 24 heavy (non-hydrogen) atoms. The number of hydrogen-bond acceptors (Lipinski definition) is 3. The Labute approximate surface area is 147 Å². The average molecular weight is 367 g/mol. The van der Waals surface area contributed by atoms with Crippen LogP contribution in [0.3, 0.4) is 0 Å². The van der Waals surface area contributed by atoms with E-state index in [2.05, 4.69) is 10.0 Å². The minimum absolute atomic E-state index is 0.0551. The summed E-state index contributed by atoms with van der Waals surface area (Å²) in [5.41, 5.74) is 1.72. The molecule has 0 radical (unpaired) electrons. The Bertz CT molecular complexity index is 820. The standard InChI is InChI=1S/C17H19ClN2O3S/c1-3-13-5-4-6-15(11-13)19-17(21)12(2)20-24(22,23)16-9-7-14(18)8-10-16/h4-12,20H,3H2,1-2H3,(H,19,21). The molecule has 0 saturated carbocycles. The van der Waals surface area contributed by atoms with Crippen molar-refractivity contribution >= 4 is 33.2 Å². The van der Waals surface area contributed by atoms with Crippen molar-refractivity contribution in [1.29, 1.82) is 0 Å². The van der Waals surface area contributed by atoms with Gasteiger partial charge in [-0.25, -0.2) is 8.42 Å². The van der Waals surface area contributed by atoms with Gasteiger partial charge >= 0.3 is 0 Å². The highest BCUT2D eigenvalue weighted by atomic mass is 35.5. The normalized spacial score (nSPS) is 12.6. The van der Waals surface area contributed by atoms with Crippen molar-refractivity contribution in [2.75, 3.05) is 5.32 Å². The van der Waals surface area contributed by atoms with E-state index in [0.29, 0.717) is 10.7 Å². The number of benzene rings is 2. The van der Waals surface area contributed by atoms with Crippen molar-refractivity contribution in [1.82, 2.24) is 4.72 Å². The Morgan fingerprint density at radius 1 is 1.17 bits per heavy atom. The van der Waals surface area contributed by atoms with Gasteiger partial charge in [0.15, 0.2) is 0 Å². The average Bonchev–Trinajstić information content (AvgIpc) is 2.55. The first-order chi connectivity index (χ1) is 11.3. The van der Waals surface area contributed by atoms with Crippen molar-refractivity contribution in [3.8, 4) is 0 Å². The van der Waals surface area contributed by atoms with Crippen molar-refractivity contribution in [3.05, 3.63) is 59.1 Å². The summed E-state index contributed by atoms with van der Waals surface area (Å²) in [6.45, 7) is 3.51. The van der Waals surface area contributed by atoms with Gasteiger partial charge in [0.1, 0.15) is 0 Å². The van der Waals surface area contributed by atoms with E-state index in [0.717, 1.165) is 12.0 Å². The molecule has 7 heteroatoms. The van der Waals surface area contributed by atoms with Crippen LogP contribution in [0.4, 0.5) is 5.69 Å². The van der Waals surface area contributed by atoms with Crippen LogP contribution in [0.15, 0.2) is 53.4 Å². The lowest BCUT2D eigenvalue weighted by Crippen LogP contribution is -2.41. The molecule has 1 atom stereocenters. The SMILES string of the molecule is CCc1cccc(NC(=O)C(C)NS(=O)(=O)c2ccc(Cl)cc2)c1. The fourth-order valence-corrected chi connectivity index (χ4v) is 3.42. The second kappa shape index (κ2) is 7.79. The molecule has 2 rings (SSSR count). The third-order valence-electron chi connectivity index (χ3n) is 3.45. The monoisotopic (exact) mass is 366 g/mol. The van der Waals surface area contributed by atoms with Crippen molar-refractivity contribution in [3.63, 3.8) is 0 Å². The predicted molar refractivity (Wildman–Crippen MR) is 95.7 cm³/mol. The molecule has 0 spiro atoms. The van der Waals surface area contributed by atoms with Crippen LogP contribution in [0.5, 0.6) is 0 Å². The van der Waals surface area contributed by atoms with E-state index in [9.17, 15) is 13.2 Å². The number of nitrogens with one attached hydrogen (secondary N) is 2. The molecule has 0 aromatic heterocycles. The molecule has 0 heterocycles. The first kappa shape index (κ1) is 18.4. The van der Waals surface area contributed by atoms with Crippen LogP contribution in [0, 0.1) is 0 Å². The minimum atomic E-state index is -3.80. The van der Waals surface area contributed by atoms with Crippen molar-refractivity contribution in [2.24, 2.45) is 0 Å². The Morgan fingerprint density at radius 2 is 1.83 bits per heavy atom. The molecular weight excluding hydrogens is 348 g/mol. The second-order valence-corrected chi connectivity index (χ2v) is 7.49. The van der Waals surface area contributed by atoms with Crippen LogP contribution in [-0.4, -0.2) is 20.4 Å². The zero-order chi connectivity index (χ0) is 17.7. The van der Waals surface area contributed by atoms with Gasteiger partial charge in [-0.2, -0.15) is 4.72 Å². The predicted octanol–water partition coefficient (Wildman–Crippen LogP) is 3.21. The van der Waals surface area contributed by atoms with Gasteiger partial charge in [-0.3, -0.25) is 4.79 Å². The van der Waals surface area contributed by atoms with E-state index in [1.165, 1.54) is 31.2 Å². The molecule has 0 aliphatic heterocycles. The summed E-state index contributed by atoms with van der Waals surface area (Å²) in [5.74, 6) is -0.430. The summed E-state index contributed by atoms with van der Waals surface area (Å²) < 4.78 is 26.9. The fourth-order valence-electron chi connectivity index (χ4n) is 2.09. The van der Waals surface area contributed by atoms with Crippen molar-refractivity contribution in [2.45, 2.75) is 31.2 Å². The number of hydrogen-bond donors (Lipinski definition) is 2. The summed E-state index contributed by atoms with van der Waals surface area (Å²) >= 11 is 5.75. The molecule has 0 bridgehead atoms. The number of carbonyl (C=O) groups excluding carboxylic acids is 1. The number of rotatable bonds is 6. The number of aryl methyl sites for hydroxylation is 1. The highest BCUT2D eigenvalue weighted by molar-refractivity contribution is 7.89. The zero-order valence-corrected chi connectivity index (χ0v) is 15.0. The maximum atomic E-state index is 12.3. The van der Waals surface area contributed by atoms with E-state index >= 15 is 0 Å². The van der Waals surface area contributed by atoms with Crippen LogP contribution in [0.1, 0.15) is 19.4 Å². The number of amides is 1. The van der Waals surface area contributed by atoms with Gasteiger partial charge in [-0.1, -0.05) is 30.7 Å². The van der Waals surface area contributed by atoms with Crippen LogP contribution in [0.2, 0.25) is 5.02 Å². The highest BCUT2D eigenvalue weighted by Crippen LogP contribution is 2.15. The van der Waals surface area contributed by atoms with Gasteiger partial charge in [-0.15, -0.1) is 0 Å². The Kier molecular flexibility index (Phi) is 5.99. The third-order valence-corrected chi connectivity index (χ3v) is 5.26. The van der Waals surface area contributed by atoms with Gasteiger partial charge in [0, 0.05) is 10.7 Å². The van der Waals surface area contributed by atoms with E-state index in [4.69, 9.17) is 11.6 Å². The van der Waals surface area contributed by atoms with Gasteiger partial charge in [0.2, 0.25) is 15.9 Å². The quantitative estimate of drug-likeness (QED) is 0.824. The molecule has 0 saturated heterocycles. The zero-order valence-electron chi connectivity index (χ0n) is 13.4. The second-order valence-electron chi connectivity index (χ2n) is 5.34. The Hall–Kier alpha value is -1.89. The van der Waals surface area contributed by atoms with Gasteiger partial charge < -0.3 is 5.32 Å². The largest absolute Gasteiger partial charge is 0.325 e. The maximum absolute atomic E-state index is 12.3. The highest BCUT2D eigenvalue weighted by Gasteiger charge is 2.22. The summed E-state index contributed by atoms with van der Waals surface area (Å²) in [6.07, 6.45) is 0.850. The molecular formula is C17H19ClN2O3S. The van der Waals surface area contributed by atoms with Crippen LogP contribution < -0.4 is 10.0 Å². The summed E-state index contributed by atoms with van der Waals surface area (Å²) in [4.78, 5) is 12.3. The Balaban J connectivity index is 2.06. The lowest BCUT2D eigenvalue weighted by molar-refractivity contribution is -0.117. The lowest BCUT2D eigenvalue weighted by atomic mass is 10.1. The number of sulfonamides is 1. The molecule has 0 aliphatic carbocycles. The van der Waals surface area contributed by atoms with Crippen LogP contribution in [0.25, 0.3) is 0 Å². The molecule has 5 nitrogen and oxygen atoms in total. The van der Waals surface area contributed by atoms with E-state index in [-0.39, 0.29) is 4.90 Å². The van der Waals surface area contributed by atoms with Crippen LogP contribution in [-0.2, 0) is 21.2 Å². The Morgan fingerprint density at radius 3 is 2.46 bits per heavy atom. The van der Waals surface area contributed by atoms with Crippen molar-refractivity contribution < 1.29 is 13.2 Å². The molecule has 128 valence electrons. The lowest BCUT2D eigenvalue weighted by Gasteiger charge is -2.15. The molecule has 0 fully saturated rings. The molecule has 2 aromatic carbocycles. The van der Waals surface area contributed by atoms with E-state index in [1.807, 2.05) is 25.1 Å². The van der Waals surface area contributed by atoms with E-state index in [1.54, 1.807) is 6.07 Å². The summed E-state index contributed by atoms with van der Waals surface area (Å²) in [5, 5.41) is 3.15. The van der Waals surface area contributed by atoms with E-state index < -0.39 is 22.0 Å². The third kappa shape index (κ3) is 4.80. The molecule has 1 amide bonds. The summed E-state index contributed by atoms with van der Waals surface area (Å²) in [6, 6.07) is 12.2. The number of anilines is 1. The molecule has 1 unspecified atom stereocenters. The fraction of sp³-hybridized carbons (Fsp3) is 0.235.